The largest absolute Gasteiger partial charge is 0.453 e. The number of hydrogen-bond donors (Lipinski definition) is 1. The summed E-state index contributed by atoms with van der Waals surface area (Å²) in [6, 6.07) is 11.5. The molecule has 7 heteroatoms. The molecule has 0 atom stereocenters. The first-order chi connectivity index (χ1) is 10.1. The maximum atomic E-state index is 12.4. The lowest BCUT2D eigenvalue weighted by molar-refractivity contribution is -0.0510. The Balaban J connectivity index is 1.91. The lowest BCUT2D eigenvalue weighted by Gasteiger charge is -2.11. The zero-order chi connectivity index (χ0) is 14.8. The van der Waals surface area contributed by atoms with Crippen LogP contribution in [0.5, 0.6) is 17.2 Å². The average Bonchev–Trinajstić information content (AvgIpc) is 2.80. The monoisotopic (exact) mass is 308 g/mol. The summed E-state index contributed by atoms with van der Waals surface area (Å²) >= 11 is 1.33. The molecule has 21 heavy (non-hydrogen) atoms. The van der Waals surface area contributed by atoms with Crippen molar-refractivity contribution in [2.75, 3.05) is 5.73 Å². The highest BCUT2D eigenvalue weighted by Gasteiger charge is 2.11. The van der Waals surface area contributed by atoms with Crippen LogP contribution < -0.4 is 15.2 Å². The van der Waals surface area contributed by atoms with E-state index < -0.39 is 6.61 Å². The number of ether oxygens (including phenoxy) is 2. The number of thiazole rings is 1. The molecule has 1 aromatic heterocycles. The van der Waals surface area contributed by atoms with E-state index in [4.69, 9.17) is 10.5 Å². The molecule has 0 saturated heterocycles. The number of aromatic nitrogens is 1. The first kappa shape index (κ1) is 13.6. The molecule has 0 unspecified atom stereocenters. The number of nitrogen functional groups attached to an aromatic ring is 1. The number of hydrogen-bond acceptors (Lipinski definition) is 5. The second kappa shape index (κ2) is 5.53. The van der Waals surface area contributed by atoms with Gasteiger partial charge in [-0.15, -0.1) is 0 Å². The Kier molecular flexibility index (Phi) is 3.57. The van der Waals surface area contributed by atoms with Crippen molar-refractivity contribution in [3.63, 3.8) is 0 Å². The summed E-state index contributed by atoms with van der Waals surface area (Å²) in [5.41, 5.74) is 6.40. The van der Waals surface area contributed by atoms with Gasteiger partial charge in [-0.3, -0.25) is 0 Å². The van der Waals surface area contributed by atoms with E-state index in [-0.39, 0.29) is 11.5 Å². The number of nitrogens with zero attached hydrogens (tertiary/aromatic N) is 1. The van der Waals surface area contributed by atoms with Crippen molar-refractivity contribution in [3.8, 4) is 17.2 Å². The van der Waals surface area contributed by atoms with Gasteiger partial charge in [0, 0.05) is 6.07 Å². The van der Waals surface area contributed by atoms with Crippen molar-refractivity contribution in [1.29, 1.82) is 0 Å². The van der Waals surface area contributed by atoms with E-state index in [9.17, 15) is 8.78 Å². The van der Waals surface area contributed by atoms with Gasteiger partial charge in [0.25, 0.3) is 0 Å². The summed E-state index contributed by atoms with van der Waals surface area (Å²) in [6.45, 7) is -2.90. The molecule has 108 valence electrons. The van der Waals surface area contributed by atoms with Crippen molar-refractivity contribution in [2.45, 2.75) is 6.61 Å². The Bertz CT molecular complexity index is 777. The van der Waals surface area contributed by atoms with Gasteiger partial charge in [-0.2, -0.15) is 8.78 Å². The fraction of sp³-hybridized carbons (Fsp3) is 0.0714. The quantitative estimate of drug-likeness (QED) is 0.782. The van der Waals surface area contributed by atoms with Gasteiger partial charge in [0.2, 0.25) is 0 Å². The molecule has 4 nitrogen and oxygen atoms in total. The highest BCUT2D eigenvalue weighted by Crippen LogP contribution is 2.34. The number of rotatable bonds is 4. The average molecular weight is 308 g/mol. The number of fused-ring (bicyclic) bond motifs is 1. The molecular formula is C14H10F2N2O2S. The van der Waals surface area contributed by atoms with E-state index >= 15 is 0 Å². The van der Waals surface area contributed by atoms with Crippen molar-refractivity contribution in [1.82, 2.24) is 4.98 Å². The Hall–Kier alpha value is -2.41. The van der Waals surface area contributed by atoms with Gasteiger partial charge < -0.3 is 15.2 Å². The minimum absolute atomic E-state index is 0.0172. The number of anilines is 1. The predicted molar refractivity (Wildman–Crippen MR) is 77.2 cm³/mol. The molecule has 3 aromatic rings. The molecule has 1 heterocycles. The zero-order valence-corrected chi connectivity index (χ0v) is 11.4. The van der Waals surface area contributed by atoms with Crippen LogP contribution in [-0.2, 0) is 0 Å². The van der Waals surface area contributed by atoms with Crippen LogP contribution in [0.3, 0.4) is 0 Å². The van der Waals surface area contributed by atoms with Crippen LogP contribution in [0.4, 0.5) is 13.9 Å². The number of halogens is 2. The van der Waals surface area contributed by atoms with Crippen LogP contribution in [0.1, 0.15) is 0 Å². The maximum absolute atomic E-state index is 12.4. The molecule has 0 amide bonds. The number of nitrogens with two attached hydrogens (primary N) is 1. The molecule has 3 rings (SSSR count). The minimum Gasteiger partial charge on any atom is -0.453 e. The zero-order valence-electron chi connectivity index (χ0n) is 10.6. The van der Waals surface area contributed by atoms with Gasteiger partial charge in [0.15, 0.2) is 16.6 Å². The van der Waals surface area contributed by atoms with Crippen LogP contribution in [-0.4, -0.2) is 11.6 Å². The van der Waals surface area contributed by atoms with Crippen LogP contribution >= 0.6 is 11.3 Å². The van der Waals surface area contributed by atoms with Gasteiger partial charge in [0.05, 0.1) is 10.2 Å². The Morgan fingerprint density at radius 3 is 2.62 bits per heavy atom. The molecule has 0 spiro atoms. The van der Waals surface area contributed by atoms with Gasteiger partial charge in [0.1, 0.15) is 5.75 Å². The Labute approximate surface area is 122 Å². The summed E-state index contributed by atoms with van der Waals surface area (Å²) in [7, 11) is 0. The number of alkyl halides is 2. The van der Waals surface area contributed by atoms with E-state index in [0.29, 0.717) is 10.9 Å². The predicted octanol–water partition coefficient (Wildman–Crippen LogP) is 4.27. The molecule has 0 aliphatic rings. The third-order valence-corrected chi connectivity index (χ3v) is 3.52. The van der Waals surface area contributed by atoms with Gasteiger partial charge in [-0.1, -0.05) is 23.5 Å². The fourth-order valence-corrected chi connectivity index (χ4v) is 2.60. The Morgan fingerprint density at radius 1 is 1.10 bits per heavy atom. The second-order valence-electron chi connectivity index (χ2n) is 4.11. The smallest absolute Gasteiger partial charge is 0.387 e. The molecule has 2 aromatic carbocycles. The fourth-order valence-electron chi connectivity index (χ4n) is 1.84. The van der Waals surface area contributed by atoms with Gasteiger partial charge in [-0.25, -0.2) is 4.98 Å². The molecule has 0 aliphatic heterocycles. The summed E-state index contributed by atoms with van der Waals surface area (Å²) in [6.07, 6.45) is 0. The lowest BCUT2D eigenvalue weighted by atomic mass is 10.3. The van der Waals surface area contributed by atoms with Crippen molar-refractivity contribution >= 4 is 26.7 Å². The lowest BCUT2D eigenvalue weighted by Crippen LogP contribution is -2.03. The third-order valence-electron chi connectivity index (χ3n) is 2.67. The van der Waals surface area contributed by atoms with Crippen LogP contribution in [0.25, 0.3) is 10.2 Å². The SMILES string of the molecule is Nc1nc2ccc(Oc3ccccc3OC(F)F)cc2s1. The first-order valence-corrected chi connectivity index (χ1v) is 6.81. The van der Waals surface area contributed by atoms with Crippen LogP contribution in [0.2, 0.25) is 0 Å². The summed E-state index contributed by atoms with van der Waals surface area (Å²) < 4.78 is 35.6. The third kappa shape index (κ3) is 3.03. The second-order valence-corrected chi connectivity index (χ2v) is 5.17. The standard InChI is InChI=1S/C14H10F2N2O2S/c15-13(16)20-11-4-2-1-3-10(11)19-8-5-6-9-12(7-8)21-14(17)18-9/h1-7,13H,(H2,17,18). The first-order valence-electron chi connectivity index (χ1n) is 5.99. The summed E-state index contributed by atoms with van der Waals surface area (Å²) in [4.78, 5) is 4.14. The molecule has 0 bridgehead atoms. The highest BCUT2D eigenvalue weighted by molar-refractivity contribution is 7.22. The van der Waals surface area contributed by atoms with Crippen LogP contribution in [0, 0.1) is 0 Å². The summed E-state index contributed by atoms with van der Waals surface area (Å²) in [5, 5.41) is 0.462. The maximum Gasteiger partial charge on any atom is 0.387 e. The topological polar surface area (TPSA) is 57.4 Å². The van der Waals surface area contributed by atoms with E-state index in [1.54, 1.807) is 36.4 Å². The van der Waals surface area contributed by atoms with E-state index in [1.807, 2.05) is 0 Å². The van der Waals surface area contributed by atoms with Crippen molar-refractivity contribution in [3.05, 3.63) is 42.5 Å². The van der Waals surface area contributed by atoms with E-state index in [0.717, 1.165) is 10.2 Å². The van der Waals surface area contributed by atoms with Gasteiger partial charge >= 0.3 is 6.61 Å². The molecule has 0 saturated carbocycles. The number of benzene rings is 2. The van der Waals surface area contributed by atoms with Crippen molar-refractivity contribution in [2.24, 2.45) is 0 Å². The van der Waals surface area contributed by atoms with E-state index in [1.165, 1.54) is 17.4 Å². The number of para-hydroxylation sites is 2. The molecule has 2 N–H and O–H groups in total. The van der Waals surface area contributed by atoms with E-state index in [2.05, 4.69) is 9.72 Å². The molecular weight excluding hydrogens is 298 g/mol. The molecule has 0 fully saturated rings. The highest BCUT2D eigenvalue weighted by atomic mass is 32.1. The molecule has 0 aliphatic carbocycles. The normalized spacial score (nSPS) is 11.0. The molecule has 0 radical (unpaired) electrons. The Morgan fingerprint density at radius 2 is 1.86 bits per heavy atom. The van der Waals surface area contributed by atoms with Crippen molar-refractivity contribution < 1.29 is 18.3 Å². The van der Waals surface area contributed by atoms with Gasteiger partial charge in [-0.05, 0) is 24.3 Å². The van der Waals surface area contributed by atoms with Crippen LogP contribution in [0.15, 0.2) is 42.5 Å². The minimum atomic E-state index is -2.90. The summed E-state index contributed by atoms with van der Waals surface area (Å²) in [5.74, 6) is 0.697.